The molecule has 1 heterocycles. The molecule has 0 aliphatic carbocycles. The molecule has 0 aromatic rings. The van der Waals surface area contributed by atoms with Gasteiger partial charge in [-0.15, -0.1) is 0 Å². The Morgan fingerprint density at radius 2 is 2.20 bits per heavy atom. The number of amides is 1. The van der Waals surface area contributed by atoms with Crippen molar-refractivity contribution in [1.29, 1.82) is 0 Å². The molecule has 5 nitrogen and oxygen atoms in total. The van der Waals surface area contributed by atoms with Crippen LogP contribution in [0.4, 0.5) is 4.79 Å². The van der Waals surface area contributed by atoms with E-state index in [1.165, 1.54) is 6.08 Å². The number of aliphatic hydroxyl groups is 1. The fraction of sp³-hybridized carbons (Fsp3) is 0.700. The lowest BCUT2D eigenvalue weighted by Gasteiger charge is -2.36. The van der Waals surface area contributed by atoms with Crippen LogP contribution < -0.4 is 5.73 Å². The second-order valence-electron chi connectivity index (χ2n) is 3.78. The molecule has 0 atom stereocenters. The van der Waals surface area contributed by atoms with E-state index in [4.69, 9.17) is 10.5 Å². The van der Waals surface area contributed by atoms with Crippen LogP contribution in [0.25, 0.3) is 0 Å². The number of hydrogen-bond donors (Lipinski definition) is 2. The third-order valence-electron chi connectivity index (χ3n) is 2.66. The molecule has 5 heteroatoms. The van der Waals surface area contributed by atoms with Gasteiger partial charge < -0.3 is 20.5 Å². The van der Waals surface area contributed by atoms with E-state index in [9.17, 15) is 9.90 Å². The summed E-state index contributed by atoms with van der Waals surface area (Å²) in [5, 5.41) is 9.84. The molecule has 1 fully saturated rings. The Kier molecular flexibility index (Phi) is 4.11. The van der Waals surface area contributed by atoms with Crippen molar-refractivity contribution in [3.05, 3.63) is 12.7 Å². The summed E-state index contributed by atoms with van der Waals surface area (Å²) in [4.78, 5) is 13.0. The second kappa shape index (κ2) is 5.14. The third kappa shape index (κ3) is 3.21. The molecular formula is C10H18N2O3. The van der Waals surface area contributed by atoms with Crippen molar-refractivity contribution in [2.24, 2.45) is 5.73 Å². The lowest BCUT2D eigenvalue weighted by Crippen LogP contribution is -2.50. The Balaban J connectivity index is 2.36. The van der Waals surface area contributed by atoms with Crippen molar-refractivity contribution < 1.29 is 14.6 Å². The summed E-state index contributed by atoms with van der Waals surface area (Å²) in [6.45, 7) is 4.90. The lowest BCUT2D eigenvalue weighted by atomic mass is 9.92. The molecule has 3 N–H and O–H groups in total. The quantitative estimate of drug-likeness (QED) is 0.653. The fourth-order valence-electron chi connectivity index (χ4n) is 1.53. The highest BCUT2D eigenvalue weighted by Gasteiger charge is 2.32. The molecule has 0 aromatic carbocycles. The molecule has 1 saturated heterocycles. The first-order valence-electron chi connectivity index (χ1n) is 5.06. The summed E-state index contributed by atoms with van der Waals surface area (Å²) < 4.78 is 4.89. The van der Waals surface area contributed by atoms with E-state index < -0.39 is 5.60 Å². The summed E-state index contributed by atoms with van der Waals surface area (Å²) in [5.74, 6) is 0. The van der Waals surface area contributed by atoms with Crippen molar-refractivity contribution >= 4 is 6.09 Å². The van der Waals surface area contributed by atoms with Crippen LogP contribution in [0, 0.1) is 0 Å². The molecule has 1 amide bonds. The van der Waals surface area contributed by atoms with E-state index in [-0.39, 0.29) is 19.2 Å². The molecule has 0 radical (unpaired) electrons. The van der Waals surface area contributed by atoms with E-state index >= 15 is 0 Å². The van der Waals surface area contributed by atoms with Gasteiger partial charge in [-0.3, -0.25) is 0 Å². The molecule has 0 spiro atoms. The molecule has 0 bridgehead atoms. The zero-order valence-electron chi connectivity index (χ0n) is 8.82. The second-order valence-corrected chi connectivity index (χ2v) is 3.78. The van der Waals surface area contributed by atoms with Gasteiger partial charge in [-0.05, 0) is 12.8 Å². The van der Waals surface area contributed by atoms with Gasteiger partial charge in [-0.2, -0.15) is 0 Å². The highest BCUT2D eigenvalue weighted by Crippen LogP contribution is 2.21. The highest BCUT2D eigenvalue weighted by molar-refractivity contribution is 5.67. The standard InChI is InChI=1S/C10H18N2O3/c1-2-7-15-9(13)12-5-3-10(14,8-11)4-6-12/h2,14H,1,3-8,11H2. The number of nitrogens with two attached hydrogens (primary N) is 1. The maximum absolute atomic E-state index is 11.4. The molecule has 0 aromatic heterocycles. The van der Waals surface area contributed by atoms with Crippen molar-refractivity contribution in [2.45, 2.75) is 18.4 Å². The van der Waals surface area contributed by atoms with Crippen LogP contribution >= 0.6 is 0 Å². The van der Waals surface area contributed by atoms with Crippen LogP contribution in [-0.4, -0.2) is 47.9 Å². The summed E-state index contributed by atoms with van der Waals surface area (Å²) in [6.07, 6.45) is 2.19. The Bertz CT molecular complexity index is 235. The van der Waals surface area contributed by atoms with Crippen molar-refractivity contribution in [1.82, 2.24) is 4.90 Å². The largest absolute Gasteiger partial charge is 0.445 e. The number of hydrogen-bond acceptors (Lipinski definition) is 4. The topological polar surface area (TPSA) is 75.8 Å². The minimum Gasteiger partial charge on any atom is -0.445 e. The summed E-state index contributed by atoms with van der Waals surface area (Å²) in [6, 6.07) is 0. The smallest absolute Gasteiger partial charge is 0.410 e. The number of ether oxygens (including phenoxy) is 1. The lowest BCUT2D eigenvalue weighted by molar-refractivity contribution is -0.0122. The number of likely N-dealkylation sites (tertiary alicyclic amines) is 1. The molecule has 86 valence electrons. The number of carbonyl (C=O) groups is 1. The van der Waals surface area contributed by atoms with Crippen LogP contribution in [0.2, 0.25) is 0 Å². The van der Waals surface area contributed by atoms with E-state index in [1.807, 2.05) is 0 Å². The number of rotatable bonds is 3. The van der Waals surface area contributed by atoms with Gasteiger partial charge in [-0.25, -0.2) is 4.79 Å². The first-order chi connectivity index (χ1) is 7.11. The van der Waals surface area contributed by atoms with Gasteiger partial charge in [0.15, 0.2) is 0 Å². The average Bonchev–Trinajstić information content (AvgIpc) is 2.27. The van der Waals surface area contributed by atoms with Crippen molar-refractivity contribution in [3.8, 4) is 0 Å². The molecule has 1 aliphatic rings. The fourth-order valence-corrected chi connectivity index (χ4v) is 1.53. The molecule has 0 unspecified atom stereocenters. The molecule has 0 saturated carbocycles. The first kappa shape index (κ1) is 12.0. The Hall–Kier alpha value is -1.07. The van der Waals surface area contributed by atoms with Gasteiger partial charge in [-0.1, -0.05) is 12.7 Å². The minimum atomic E-state index is -0.810. The summed E-state index contributed by atoms with van der Waals surface area (Å²) in [7, 11) is 0. The molecular weight excluding hydrogens is 196 g/mol. The van der Waals surface area contributed by atoms with Gasteiger partial charge >= 0.3 is 6.09 Å². The molecule has 1 aliphatic heterocycles. The van der Waals surface area contributed by atoms with Gasteiger partial charge in [0.1, 0.15) is 6.61 Å². The maximum atomic E-state index is 11.4. The van der Waals surface area contributed by atoms with Gasteiger partial charge in [0.05, 0.1) is 5.60 Å². The van der Waals surface area contributed by atoms with Crippen LogP contribution in [0.5, 0.6) is 0 Å². The minimum absolute atomic E-state index is 0.219. The number of carbonyl (C=O) groups excluding carboxylic acids is 1. The normalized spacial score (nSPS) is 19.7. The monoisotopic (exact) mass is 214 g/mol. The molecule has 15 heavy (non-hydrogen) atoms. The zero-order chi connectivity index (χ0) is 11.3. The van der Waals surface area contributed by atoms with Crippen LogP contribution in [-0.2, 0) is 4.74 Å². The van der Waals surface area contributed by atoms with E-state index in [0.29, 0.717) is 25.9 Å². The third-order valence-corrected chi connectivity index (χ3v) is 2.66. The van der Waals surface area contributed by atoms with E-state index in [0.717, 1.165) is 0 Å². The predicted octanol–water partition coefficient (Wildman–Crippen LogP) is 0.0946. The van der Waals surface area contributed by atoms with Crippen molar-refractivity contribution in [3.63, 3.8) is 0 Å². The predicted molar refractivity (Wildman–Crippen MR) is 56.4 cm³/mol. The average molecular weight is 214 g/mol. The highest BCUT2D eigenvalue weighted by atomic mass is 16.6. The SMILES string of the molecule is C=CCOC(=O)N1CCC(O)(CN)CC1. The van der Waals surface area contributed by atoms with Crippen LogP contribution in [0.1, 0.15) is 12.8 Å². The Morgan fingerprint density at radius 1 is 1.60 bits per heavy atom. The summed E-state index contributed by atoms with van der Waals surface area (Å²) in [5.41, 5.74) is 4.63. The summed E-state index contributed by atoms with van der Waals surface area (Å²) >= 11 is 0. The van der Waals surface area contributed by atoms with Gasteiger partial charge in [0.25, 0.3) is 0 Å². The van der Waals surface area contributed by atoms with Crippen molar-refractivity contribution in [2.75, 3.05) is 26.2 Å². The first-order valence-corrected chi connectivity index (χ1v) is 5.06. The van der Waals surface area contributed by atoms with Gasteiger partial charge in [0, 0.05) is 19.6 Å². The zero-order valence-corrected chi connectivity index (χ0v) is 8.82. The number of piperidine rings is 1. The molecule has 1 rings (SSSR count). The van der Waals surface area contributed by atoms with Crippen LogP contribution in [0.3, 0.4) is 0 Å². The van der Waals surface area contributed by atoms with Crippen LogP contribution in [0.15, 0.2) is 12.7 Å². The Morgan fingerprint density at radius 3 is 2.67 bits per heavy atom. The number of nitrogens with zero attached hydrogens (tertiary/aromatic N) is 1. The maximum Gasteiger partial charge on any atom is 0.410 e. The Labute approximate surface area is 89.5 Å². The van der Waals surface area contributed by atoms with E-state index in [2.05, 4.69) is 6.58 Å². The van der Waals surface area contributed by atoms with Gasteiger partial charge in [0.2, 0.25) is 0 Å². The van der Waals surface area contributed by atoms with E-state index in [1.54, 1.807) is 4.90 Å².